The summed E-state index contributed by atoms with van der Waals surface area (Å²) in [6.45, 7) is 1.92. The zero-order valence-corrected chi connectivity index (χ0v) is 9.24. The van der Waals surface area contributed by atoms with Crippen LogP contribution in [0.1, 0.15) is 25.3 Å². The van der Waals surface area contributed by atoms with Crippen molar-refractivity contribution in [3.63, 3.8) is 0 Å². The minimum atomic E-state index is -1.09. The number of carbonyl (C=O) groups is 1. The molecule has 88 valence electrons. The van der Waals surface area contributed by atoms with E-state index in [0.29, 0.717) is 18.4 Å². The van der Waals surface area contributed by atoms with Crippen LogP contribution in [0.5, 0.6) is 0 Å². The van der Waals surface area contributed by atoms with E-state index in [1.807, 2.05) is 6.92 Å². The van der Waals surface area contributed by atoms with Crippen LogP contribution in [0.3, 0.4) is 0 Å². The third-order valence-corrected chi connectivity index (χ3v) is 2.83. The quantitative estimate of drug-likeness (QED) is 0.804. The first-order valence-electron chi connectivity index (χ1n) is 5.26. The molecule has 0 spiro atoms. The van der Waals surface area contributed by atoms with Crippen molar-refractivity contribution in [3.8, 4) is 0 Å². The summed E-state index contributed by atoms with van der Waals surface area (Å²) in [4.78, 5) is 11.4. The van der Waals surface area contributed by atoms with E-state index in [4.69, 9.17) is 5.73 Å². The molecule has 0 saturated heterocycles. The molecule has 1 unspecified atom stereocenters. The predicted octanol–water partition coefficient (Wildman–Crippen LogP) is 1.91. The molecule has 3 nitrogen and oxygen atoms in total. The standard InChI is InChI=1S/C12H16FNO2/c1-2-7-12(8-14,11(15)16)9-3-5-10(13)6-4-9/h3-6H,2,7-8,14H2,1H3,(H,15,16). The normalized spacial score (nSPS) is 14.4. The number of benzene rings is 1. The molecule has 0 aliphatic heterocycles. The fourth-order valence-corrected chi connectivity index (χ4v) is 1.88. The molecule has 0 aliphatic rings. The number of aliphatic carboxylic acids is 1. The summed E-state index contributed by atoms with van der Waals surface area (Å²) in [5, 5.41) is 9.30. The maximum Gasteiger partial charge on any atom is 0.315 e. The third-order valence-electron chi connectivity index (χ3n) is 2.83. The SMILES string of the molecule is CCCC(CN)(C(=O)O)c1ccc(F)cc1. The molecule has 0 fully saturated rings. The molecular weight excluding hydrogens is 209 g/mol. The van der Waals surface area contributed by atoms with Gasteiger partial charge in [0.2, 0.25) is 0 Å². The third kappa shape index (κ3) is 2.22. The topological polar surface area (TPSA) is 63.3 Å². The van der Waals surface area contributed by atoms with Gasteiger partial charge in [-0.15, -0.1) is 0 Å². The van der Waals surface area contributed by atoms with Gasteiger partial charge in [0.25, 0.3) is 0 Å². The van der Waals surface area contributed by atoms with Crippen LogP contribution in [0.2, 0.25) is 0 Å². The van der Waals surface area contributed by atoms with Gasteiger partial charge >= 0.3 is 5.97 Å². The van der Waals surface area contributed by atoms with Gasteiger partial charge in [0.1, 0.15) is 11.2 Å². The van der Waals surface area contributed by atoms with Crippen molar-refractivity contribution in [3.05, 3.63) is 35.6 Å². The van der Waals surface area contributed by atoms with Crippen molar-refractivity contribution in [2.45, 2.75) is 25.2 Å². The lowest BCUT2D eigenvalue weighted by Gasteiger charge is -2.28. The van der Waals surface area contributed by atoms with Gasteiger partial charge in [-0.05, 0) is 24.1 Å². The maximum absolute atomic E-state index is 12.8. The van der Waals surface area contributed by atoms with Crippen LogP contribution in [0.25, 0.3) is 0 Å². The fourth-order valence-electron chi connectivity index (χ4n) is 1.88. The van der Waals surface area contributed by atoms with E-state index in [-0.39, 0.29) is 12.4 Å². The molecule has 1 aromatic rings. The first kappa shape index (κ1) is 12.6. The Labute approximate surface area is 94.1 Å². The van der Waals surface area contributed by atoms with Gasteiger partial charge in [0.05, 0.1) is 0 Å². The van der Waals surface area contributed by atoms with Crippen LogP contribution < -0.4 is 5.73 Å². The molecule has 0 heterocycles. The number of rotatable bonds is 5. The summed E-state index contributed by atoms with van der Waals surface area (Å²) >= 11 is 0. The fraction of sp³-hybridized carbons (Fsp3) is 0.417. The summed E-state index contributed by atoms with van der Waals surface area (Å²) < 4.78 is 12.8. The average molecular weight is 225 g/mol. The highest BCUT2D eigenvalue weighted by atomic mass is 19.1. The van der Waals surface area contributed by atoms with Crippen LogP contribution in [-0.4, -0.2) is 17.6 Å². The molecule has 3 N–H and O–H groups in total. The zero-order valence-electron chi connectivity index (χ0n) is 9.24. The molecule has 0 bridgehead atoms. The van der Waals surface area contributed by atoms with Crippen LogP contribution in [0.15, 0.2) is 24.3 Å². The number of hydrogen-bond acceptors (Lipinski definition) is 2. The van der Waals surface area contributed by atoms with Gasteiger partial charge < -0.3 is 10.8 Å². The molecule has 0 aromatic heterocycles. The molecule has 1 aromatic carbocycles. The Balaban J connectivity index is 3.18. The van der Waals surface area contributed by atoms with Gasteiger partial charge in [0.15, 0.2) is 0 Å². The highest BCUT2D eigenvalue weighted by Gasteiger charge is 2.38. The maximum atomic E-state index is 12.8. The second kappa shape index (κ2) is 5.07. The molecule has 0 amide bonds. The summed E-state index contributed by atoms with van der Waals surface area (Å²) in [6.07, 6.45) is 1.16. The Morgan fingerprint density at radius 3 is 2.38 bits per heavy atom. The molecule has 0 aliphatic carbocycles. The first-order chi connectivity index (χ1) is 7.56. The van der Waals surface area contributed by atoms with Crippen LogP contribution in [0, 0.1) is 5.82 Å². The second-order valence-electron chi connectivity index (χ2n) is 3.85. The monoisotopic (exact) mass is 225 g/mol. The van der Waals surface area contributed by atoms with E-state index < -0.39 is 11.4 Å². The van der Waals surface area contributed by atoms with Crippen molar-refractivity contribution in [2.24, 2.45) is 5.73 Å². The first-order valence-corrected chi connectivity index (χ1v) is 5.26. The van der Waals surface area contributed by atoms with Crippen molar-refractivity contribution >= 4 is 5.97 Å². The van der Waals surface area contributed by atoms with E-state index >= 15 is 0 Å². The van der Waals surface area contributed by atoms with Crippen LogP contribution in [0.4, 0.5) is 4.39 Å². The summed E-state index contributed by atoms with van der Waals surface area (Å²) in [6, 6.07) is 5.51. The minimum Gasteiger partial charge on any atom is -0.481 e. The molecule has 0 saturated carbocycles. The molecule has 0 radical (unpaired) electrons. The minimum absolute atomic E-state index is 0.0157. The number of hydrogen-bond donors (Lipinski definition) is 2. The Morgan fingerprint density at radius 1 is 1.44 bits per heavy atom. The second-order valence-corrected chi connectivity index (χ2v) is 3.85. The van der Waals surface area contributed by atoms with Crippen LogP contribution in [-0.2, 0) is 10.2 Å². The van der Waals surface area contributed by atoms with Crippen molar-refractivity contribution in [2.75, 3.05) is 6.54 Å². The largest absolute Gasteiger partial charge is 0.481 e. The van der Waals surface area contributed by atoms with Crippen molar-refractivity contribution in [1.29, 1.82) is 0 Å². The summed E-state index contributed by atoms with van der Waals surface area (Å²) in [7, 11) is 0. The lowest BCUT2D eigenvalue weighted by molar-refractivity contribution is -0.143. The zero-order chi connectivity index (χ0) is 12.2. The Hall–Kier alpha value is -1.42. The lowest BCUT2D eigenvalue weighted by Crippen LogP contribution is -2.42. The Kier molecular flexibility index (Phi) is 4.01. The van der Waals surface area contributed by atoms with E-state index in [2.05, 4.69) is 0 Å². The van der Waals surface area contributed by atoms with Gasteiger partial charge in [-0.3, -0.25) is 4.79 Å². The lowest BCUT2D eigenvalue weighted by atomic mass is 9.77. The summed E-state index contributed by atoms with van der Waals surface area (Å²) in [5.41, 5.74) is 5.06. The molecule has 4 heteroatoms. The molecule has 16 heavy (non-hydrogen) atoms. The van der Waals surface area contributed by atoms with Gasteiger partial charge in [-0.25, -0.2) is 4.39 Å². The molecule has 1 atom stereocenters. The molecule has 1 rings (SSSR count). The summed E-state index contributed by atoms with van der Waals surface area (Å²) in [5.74, 6) is -1.33. The van der Waals surface area contributed by atoms with E-state index in [1.54, 1.807) is 0 Å². The van der Waals surface area contributed by atoms with Gasteiger partial charge in [-0.2, -0.15) is 0 Å². The number of halogens is 1. The Morgan fingerprint density at radius 2 is 2.00 bits per heavy atom. The highest BCUT2D eigenvalue weighted by Crippen LogP contribution is 2.29. The van der Waals surface area contributed by atoms with Crippen molar-refractivity contribution in [1.82, 2.24) is 0 Å². The van der Waals surface area contributed by atoms with Crippen molar-refractivity contribution < 1.29 is 14.3 Å². The van der Waals surface area contributed by atoms with E-state index in [1.165, 1.54) is 24.3 Å². The van der Waals surface area contributed by atoms with E-state index in [0.717, 1.165) is 0 Å². The average Bonchev–Trinajstić information content (AvgIpc) is 2.27. The number of nitrogens with two attached hydrogens (primary N) is 1. The smallest absolute Gasteiger partial charge is 0.315 e. The van der Waals surface area contributed by atoms with Gasteiger partial charge in [-0.1, -0.05) is 25.5 Å². The molecular formula is C12H16FNO2. The van der Waals surface area contributed by atoms with Gasteiger partial charge in [0, 0.05) is 6.54 Å². The highest BCUT2D eigenvalue weighted by molar-refractivity contribution is 5.81. The van der Waals surface area contributed by atoms with Crippen LogP contribution >= 0.6 is 0 Å². The number of carboxylic acids is 1. The Bertz CT molecular complexity index is 364. The van der Waals surface area contributed by atoms with E-state index in [9.17, 15) is 14.3 Å². The predicted molar refractivity (Wildman–Crippen MR) is 59.7 cm³/mol. The number of carboxylic acid groups (broad SMARTS) is 1.